The maximum atomic E-state index is 8.61. The first-order valence-corrected chi connectivity index (χ1v) is 6.21. The Kier molecular flexibility index (Phi) is 3.45. The zero-order valence-electron chi connectivity index (χ0n) is 10.9. The van der Waals surface area contributed by atoms with Crippen molar-refractivity contribution in [1.29, 1.82) is 0 Å². The van der Waals surface area contributed by atoms with Crippen LogP contribution in [0.5, 0.6) is 5.75 Å². The summed E-state index contributed by atoms with van der Waals surface area (Å²) in [6.07, 6.45) is 2.76. The summed E-state index contributed by atoms with van der Waals surface area (Å²) >= 11 is 0. The van der Waals surface area contributed by atoms with E-state index in [2.05, 4.69) is 18.1 Å². The third kappa shape index (κ3) is 2.94. The first-order chi connectivity index (χ1) is 8.54. The number of rotatable bonds is 5. The average Bonchev–Trinajstić information content (AvgIpc) is 3.08. The Morgan fingerprint density at radius 1 is 1.44 bits per heavy atom. The van der Waals surface area contributed by atoms with Gasteiger partial charge in [-0.3, -0.25) is 0 Å². The highest BCUT2D eigenvalue weighted by molar-refractivity contribution is 5.80. The molecule has 0 unspecified atom stereocenters. The smallest absolute Gasteiger partial charge is 0.139 e. The fourth-order valence-electron chi connectivity index (χ4n) is 2.16. The molecule has 0 atom stereocenters. The minimum Gasteiger partial charge on any atom is -0.493 e. The Morgan fingerprint density at radius 2 is 2.17 bits per heavy atom. The monoisotopic (exact) mass is 248 g/mol. The molecule has 4 nitrogen and oxygen atoms in total. The molecule has 0 heterocycles. The summed E-state index contributed by atoms with van der Waals surface area (Å²) in [5.41, 5.74) is 8.02. The summed E-state index contributed by atoms with van der Waals surface area (Å²) in [5.74, 6) is 1.21. The molecule has 0 aromatic heterocycles. The highest BCUT2D eigenvalue weighted by Crippen LogP contribution is 2.49. The van der Waals surface area contributed by atoms with Gasteiger partial charge in [0.2, 0.25) is 0 Å². The van der Waals surface area contributed by atoms with E-state index in [1.165, 1.54) is 5.56 Å². The molecule has 0 spiro atoms. The molecule has 4 heteroatoms. The van der Waals surface area contributed by atoms with Crippen molar-refractivity contribution in [3.63, 3.8) is 0 Å². The van der Waals surface area contributed by atoms with Crippen LogP contribution < -0.4 is 10.5 Å². The number of benzene rings is 1. The lowest BCUT2D eigenvalue weighted by Gasteiger charge is -2.16. The number of oxime groups is 1. The minimum atomic E-state index is 0.0770. The summed E-state index contributed by atoms with van der Waals surface area (Å²) in [6, 6.07) is 6.16. The first kappa shape index (κ1) is 12.7. The van der Waals surface area contributed by atoms with Crippen LogP contribution >= 0.6 is 0 Å². The standard InChI is InChI=1S/C14H20N2O2/c1-10-3-4-12(11(2)7-10)18-9-14(5-6-14)8-13(15)16-17/h3-4,7,17H,5-6,8-9H2,1-2H3,(H2,15,16). The van der Waals surface area contributed by atoms with E-state index < -0.39 is 0 Å². The first-order valence-electron chi connectivity index (χ1n) is 6.21. The van der Waals surface area contributed by atoms with E-state index in [1.807, 2.05) is 19.1 Å². The van der Waals surface area contributed by atoms with Crippen LogP contribution in [0.15, 0.2) is 23.4 Å². The van der Waals surface area contributed by atoms with Crippen molar-refractivity contribution in [3.8, 4) is 5.75 Å². The fraction of sp³-hybridized carbons (Fsp3) is 0.500. The molecule has 1 aromatic carbocycles. The maximum Gasteiger partial charge on any atom is 0.139 e. The van der Waals surface area contributed by atoms with Gasteiger partial charge in [0.25, 0.3) is 0 Å². The van der Waals surface area contributed by atoms with Gasteiger partial charge >= 0.3 is 0 Å². The van der Waals surface area contributed by atoms with Gasteiger partial charge in [0.05, 0.1) is 6.61 Å². The van der Waals surface area contributed by atoms with Crippen molar-refractivity contribution >= 4 is 5.84 Å². The molecule has 3 N–H and O–H groups in total. The van der Waals surface area contributed by atoms with Gasteiger partial charge in [-0.1, -0.05) is 22.9 Å². The van der Waals surface area contributed by atoms with Crippen LogP contribution in [0.4, 0.5) is 0 Å². The van der Waals surface area contributed by atoms with Crippen LogP contribution in [0, 0.1) is 19.3 Å². The highest BCUT2D eigenvalue weighted by Gasteiger charge is 2.44. The molecule has 0 radical (unpaired) electrons. The van der Waals surface area contributed by atoms with Crippen LogP contribution in [0.1, 0.15) is 30.4 Å². The van der Waals surface area contributed by atoms with Crippen molar-refractivity contribution in [2.45, 2.75) is 33.1 Å². The fourth-order valence-corrected chi connectivity index (χ4v) is 2.16. The zero-order chi connectivity index (χ0) is 13.2. The number of ether oxygens (including phenoxy) is 1. The Balaban J connectivity index is 1.95. The molecule has 98 valence electrons. The van der Waals surface area contributed by atoms with Gasteiger partial charge in [-0.25, -0.2) is 0 Å². The molecule has 0 aliphatic heterocycles. The van der Waals surface area contributed by atoms with Gasteiger partial charge in [0, 0.05) is 11.8 Å². The number of nitrogens with two attached hydrogens (primary N) is 1. The van der Waals surface area contributed by atoms with E-state index in [1.54, 1.807) is 0 Å². The molecular weight excluding hydrogens is 228 g/mol. The lowest BCUT2D eigenvalue weighted by molar-refractivity contribution is 0.235. The van der Waals surface area contributed by atoms with Gasteiger partial charge in [-0.15, -0.1) is 0 Å². The van der Waals surface area contributed by atoms with E-state index >= 15 is 0 Å². The molecular formula is C14H20N2O2. The summed E-state index contributed by atoms with van der Waals surface area (Å²) in [6.45, 7) is 4.75. The number of hydrogen-bond acceptors (Lipinski definition) is 3. The molecule has 1 aliphatic carbocycles. The quantitative estimate of drug-likeness (QED) is 0.364. The third-order valence-corrected chi connectivity index (χ3v) is 3.51. The van der Waals surface area contributed by atoms with Crippen molar-refractivity contribution in [3.05, 3.63) is 29.3 Å². The van der Waals surface area contributed by atoms with Crippen LogP contribution in [0.2, 0.25) is 0 Å². The molecule has 0 saturated heterocycles. The maximum absolute atomic E-state index is 8.61. The minimum absolute atomic E-state index is 0.0770. The van der Waals surface area contributed by atoms with Crippen molar-refractivity contribution < 1.29 is 9.94 Å². The topological polar surface area (TPSA) is 67.8 Å². The second kappa shape index (κ2) is 4.88. The van der Waals surface area contributed by atoms with E-state index in [-0.39, 0.29) is 11.3 Å². The Hall–Kier alpha value is -1.71. The van der Waals surface area contributed by atoms with Crippen LogP contribution in [-0.4, -0.2) is 17.6 Å². The highest BCUT2D eigenvalue weighted by atomic mass is 16.5. The van der Waals surface area contributed by atoms with E-state index in [0.29, 0.717) is 13.0 Å². The normalized spacial score (nSPS) is 17.6. The van der Waals surface area contributed by atoms with E-state index in [0.717, 1.165) is 24.2 Å². The number of hydrogen-bond donors (Lipinski definition) is 2. The van der Waals surface area contributed by atoms with Crippen molar-refractivity contribution in [2.75, 3.05) is 6.61 Å². The predicted octanol–water partition coefficient (Wildman–Crippen LogP) is 2.60. The summed E-state index contributed by atoms with van der Waals surface area (Å²) in [5, 5.41) is 11.6. The van der Waals surface area contributed by atoms with Gasteiger partial charge in [-0.2, -0.15) is 0 Å². The predicted molar refractivity (Wildman–Crippen MR) is 71.1 cm³/mol. The Morgan fingerprint density at radius 3 is 2.72 bits per heavy atom. The van der Waals surface area contributed by atoms with Gasteiger partial charge < -0.3 is 15.7 Å². The largest absolute Gasteiger partial charge is 0.493 e. The van der Waals surface area contributed by atoms with Crippen molar-refractivity contribution in [2.24, 2.45) is 16.3 Å². The molecule has 1 aromatic rings. The van der Waals surface area contributed by atoms with Crippen molar-refractivity contribution in [1.82, 2.24) is 0 Å². The summed E-state index contributed by atoms with van der Waals surface area (Å²) in [4.78, 5) is 0. The second-order valence-corrected chi connectivity index (χ2v) is 5.33. The second-order valence-electron chi connectivity index (χ2n) is 5.33. The molecule has 0 amide bonds. The number of aryl methyl sites for hydroxylation is 2. The molecule has 1 aliphatic rings. The average molecular weight is 248 g/mol. The summed E-state index contributed by atoms with van der Waals surface area (Å²) in [7, 11) is 0. The van der Waals surface area contributed by atoms with Crippen LogP contribution in [0.3, 0.4) is 0 Å². The molecule has 2 rings (SSSR count). The lowest BCUT2D eigenvalue weighted by Crippen LogP contribution is -2.22. The van der Waals surface area contributed by atoms with Gasteiger partial charge in [0.15, 0.2) is 0 Å². The van der Waals surface area contributed by atoms with Gasteiger partial charge in [0.1, 0.15) is 11.6 Å². The molecule has 18 heavy (non-hydrogen) atoms. The number of amidine groups is 1. The third-order valence-electron chi connectivity index (χ3n) is 3.51. The van der Waals surface area contributed by atoms with Crippen LogP contribution in [-0.2, 0) is 0 Å². The number of nitrogens with zero attached hydrogens (tertiary/aromatic N) is 1. The van der Waals surface area contributed by atoms with Gasteiger partial charge in [-0.05, 0) is 38.3 Å². The molecule has 1 saturated carbocycles. The lowest BCUT2D eigenvalue weighted by atomic mass is 10.0. The Labute approximate surface area is 107 Å². The zero-order valence-corrected chi connectivity index (χ0v) is 10.9. The summed E-state index contributed by atoms with van der Waals surface area (Å²) < 4.78 is 5.87. The SMILES string of the molecule is Cc1ccc(OCC2(CC(N)=NO)CC2)c(C)c1. The van der Waals surface area contributed by atoms with E-state index in [9.17, 15) is 0 Å². The van der Waals surface area contributed by atoms with E-state index in [4.69, 9.17) is 15.7 Å². The van der Waals surface area contributed by atoms with Crippen LogP contribution in [0.25, 0.3) is 0 Å². The Bertz CT molecular complexity index is 465. The molecule has 0 bridgehead atoms. The molecule has 1 fully saturated rings.